The summed E-state index contributed by atoms with van der Waals surface area (Å²) in [6.45, 7) is 5.84. The van der Waals surface area contributed by atoms with Crippen LogP contribution in [-0.2, 0) is 4.79 Å². The first kappa shape index (κ1) is 11.9. The van der Waals surface area contributed by atoms with Gasteiger partial charge in [0, 0.05) is 12.5 Å². The largest absolute Gasteiger partial charge is 0.380 e. The van der Waals surface area contributed by atoms with E-state index in [1.54, 1.807) is 13.0 Å². The molecule has 0 saturated heterocycles. The first-order valence-corrected chi connectivity index (χ1v) is 5.84. The zero-order valence-electron chi connectivity index (χ0n) is 10.3. The fourth-order valence-electron chi connectivity index (χ4n) is 1.96. The molecular formula is C13H17FN2O. The number of benzene rings is 1. The molecule has 2 rings (SSSR count). The Balaban J connectivity index is 2.41. The Morgan fingerprint density at radius 1 is 1.35 bits per heavy atom. The molecule has 0 aliphatic carbocycles. The second-order valence-electron chi connectivity index (χ2n) is 4.89. The minimum absolute atomic E-state index is 0.0711. The van der Waals surface area contributed by atoms with Crippen LogP contribution in [0.3, 0.4) is 0 Å². The SMILES string of the molecule is Cc1cc2c(cc1F)NC(=O)CC(C(C)C)N2. The molecule has 3 nitrogen and oxygen atoms in total. The van der Waals surface area contributed by atoms with Crippen molar-refractivity contribution in [2.24, 2.45) is 5.92 Å². The van der Waals surface area contributed by atoms with Crippen LogP contribution < -0.4 is 10.6 Å². The number of hydrogen-bond donors (Lipinski definition) is 2. The first-order chi connectivity index (χ1) is 7.97. The number of hydrogen-bond acceptors (Lipinski definition) is 2. The minimum Gasteiger partial charge on any atom is -0.380 e. The van der Waals surface area contributed by atoms with Gasteiger partial charge < -0.3 is 10.6 Å². The van der Waals surface area contributed by atoms with Gasteiger partial charge in [-0.3, -0.25) is 4.79 Å². The summed E-state index contributed by atoms with van der Waals surface area (Å²) >= 11 is 0. The summed E-state index contributed by atoms with van der Waals surface area (Å²) in [6, 6.07) is 3.20. The first-order valence-electron chi connectivity index (χ1n) is 5.84. The molecule has 0 aromatic heterocycles. The summed E-state index contributed by atoms with van der Waals surface area (Å²) in [4.78, 5) is 11.7. The van der Waals surface area contributed by atoms with E-state index in [2.05, 4.69) is 24.5 Å². The van der Waals surface area contributed by atoms with Gasteiger partial charge in [0.15, 0.2) is 0 Å². The van der Waals surface area contributed by atoms with Gasteiger partial charge in [0.1, 0.15) is 5.82 Å². The standard InChI is InChI=1S/C13H17FN2O/c1-7(2)10-6-13(17)16-12-5-9(14)8(3)4-11(12)15-10/h4-5,7,10,15H,6H2,1-3H3,(H,16,17). The van der Waals surface area contributed by atoms with E-state index in [4.69, 9.17) is 0 Å². The van der Waals surface area contributed by atoms with Gasteiger partial charge in [-0.15, -0.1) is 0 Å². The quantitative estimate of drug-likeness (QED) is 0.787. The molecule has 1 atom stereocenters. The topological polar surface area (TPSA) is 41.1 Å². The summed E-state index contributed by atoms with van der Waals surface area (Å²) in [5.74, 6) is -0.0240. The summed E-state index contributed by atoms with van der Waals surface area (Å²) in [5.41, 5.74) is 1.91. The third-order valence-electron chi connectivity index (χ3n) is 3.12. The number of fused-ring (bicyclic) bond motifs is 1. The highest BCUT2D eigenvalue weighted by Crippen LogP contribution is 2.30. The third kappa shape index (κ3) is 2.40. The summed E-state index contributed by atoms with van der Waals surface area (Å²) in [5, 5.41) is 6.04. The highest BCUT2D eigenvalue weighted by molar-refractivity contribution is 5.96. The van der Waals surface area contributed by atoms with E-state index in [9.17, 15) is 9.18 Å². The number of carbonyl (C=O) groups is 1. The Morgan fingerprint density at radius 3 is 2.71 bits per heavy atom. The lowest BCUT2D eigenvalue weighted by atomic mass is 10.0. The van der Waals surface area contributed by atoms with Crippen LogP contribution in [0.25, 0.3) is 0 Å². The number of aryl methyl sites for hydroxylation is 1. The fourth-order valence-corrected chi connectivity index (χ4v) is 1.96. The van der Waals surface area contributed by atoms with Crippen molar-refractivity contribution >= 4 is 17.3 Å². The van der Waals surface area contributed by atoms with Gasteiger partial charge >= 0.3 is 0 Å². The average molecular weight is 236 g/mol. The smallest absolute Gasteiger partial charge is 0.226 e. The molecule has 17 heavy (non-hydrogen) atoms. The highest BCUT2D eigenvalue weighted by atomic mass is 19.1. The number of nitrogens with one attached hydrogen (secondary N) is 2. The fraction of sp³-hybridized carbons (Fsp3) is 0.462. The molecule has 0 radical (unpaired) electrons. The molecule has 1 aliphatic rings. The van der Waals surface area contributed by atoms with Crippen LogP contribution in [0.5, 0.6) is 0 Å². The van der Waals surface area contributed by atoms with Crippen LogP contribution in [0.1, 0.15) is 25.8 Å². The molecule has 1 aromatic rings. The van der Waals surface area contributed by atoms with Gasteiger partial charge in [-0.2, -0.15) is 0 Å². The molecule has 1 aromatic carbocycles. The zero-order chi connectivity index (χ0) is 12.6. The number of halogens is 1. The molecule has 4 heteroatoms. The second kappa shape index (κ2) is 4.35. The van der Waals surface area contributed by atoms with Crippen LogP contribution >= 0.6 is 0 Å². The molecule has 1 aliphatic heterocycles. The van der Waals surface area contributed by atoms with Crippen molar-refractivity contribution in [2.75, 3.05) is 10.6 Å². The summed E-state index contributed by atoms with van der Waals surface area (Å²) in [6.07, 6.45) is 0.410. The van der Waals surface area contributed by atoms with Gasteiger partial charge in [0.25, 0.3) is 0 Å². The number of amides is 1. The molecular weight excluding hydrogens is 219 g/mol. The van der Waals surface area contributed by atoms with Crippen molar-refractivity contribution in [2.45, 2.75) is 33.2 Å². The van der Waals surface area contributed by atoms with Gasteiger partial charge in [-0.1, -0.05) is 13.8 Å². The Bertz CT molecular complexity index is 457. The van der Waals surface area contributed by atoms with Crippen molar-refractivity contribution in [1.29, 1.82) is 0 Å². The Morgan fingerprint density at radius 2 is 2.06 bits per heavy atom. The summed E-state index contributed by atoms with van der Waals surface area (Å²) in [7, 11) is 0. The number of anilines is 2. The normalized spacial score (nSPS) is 19.4. The van der Waals surface area contributed by atoms with E-state index in [-0.39, 0.29) is 17.8 Å². The van der Waals surface area contributed by atoms with Crippen molar-refractivity contribution in [1.82, 2.24) is 0 Å². The second-order valence-corrected chi connectivity index (χ2v) is 4.89. The van der Waals surface area contributed by atoms with E-state index in [0.717, 1.165) is 5.69 Å². The molecule has 2 N–H and O–H groups in total. The monoisotopic (exact) mass is 236 g/mol. The van der Waals surface area contributed by atoms with Crippen LogP contribution in [0.4, 0.5) is 15.8 Å². The molecule has 1 heterocycles. The number of carbonyl (C=O) groups excluding carboxylic acids is 1. The minimum atomic E-state index is -0.297. The Labute approximate surface area is 100 Å². The maximum absolute atomic E-state index is 13.4. The maximum atomic E-state index is 13.4. The van der Waals surface area contributed by atoms with E-state index < -0.39 is 0 Å². The van der Waals surface area contributed by atoms with Crippen LogP contribution in [0.15, 0.2) is 12.1 Å². The van der Waals surface area contributed by atoms with Gasteiger partial charge in [-0.25, -0.2) is 4.39 Å². The van der Waals surface area contributed by atoms with E-state index in [1.165, 1.54) is 6.07 Å². The number of rotatable bonds is 1. The van der Waals surface area contributed by atoms with Crippen LogP contribution in [0, 0.1) is 18.7 Å². The molecule has 0 bridgehead atoms. The maximum Gasteiger partial charge on any atom is 0.226 e. The van der Waals surface area contributed by atoms with E-state index in [1.807, 2.05) is 0 Å². The molecule has 0 fully saturated rings. The Hall–Kier alpha value is -1.58. The summed E-state index contributed by atoms with van der Waals surface area (Å²) < 4.78 is 13.4. The zero-order valence-corrected chi connectivity index (χ0v) is 10.3. The Kier molecular flexibility index (Phi) is 3.05. The van der Waals surface area contributed by atoms with Crippen molar-refractivity contribution in [3.05, 3.63) is 23.5 Å². The van der Waals surface area contributed by atoms with Gasteiger partial charge in [0.2, 0.25) is 5.91 Å². The van der Waals surface area contributed by atoms with E-state index >= 15 is 0 Å². The van der Waals surface area contributed by atoms with Crippen molar-refractivity contribution < 1.29 is 9.18 Å². The van der Waals surface area contributed by atoms with Crippen molar-refractivity contribution in [3.8, 4) is 0 Å². The van der Waals surface area contributed by atoms with Gasteiger partial charge in [0.05, 0.1) is 11.4 Å². The predicted octanol–water partition coefficient (Wildman–Crippen LogP) is 2.91. The van der Waals surface area contributed by atoms with E-state index in [0.29, 0.717) is 23.6 Å². The lowest BCUT2D eigenvalue weighted by molar-refractivity contribution is -0.116. The third-order valence-corrected chi connectivity index (χ3v) is 3.12. The van der Waals surface area contributed by atoms with Crippen LogP contribution in [0.2, 0.25) is 0 Å². The predicted molar refractivity (Wildman–Crippen MR) is 66.6 cm³/mol. The lowest BCUT2D eigenvalue weighted by Crippen LogP contribution is -2.27. The van der Waals surface area contributed by atoms with Gasteiger partial charge in [-0.05, 0) is 30.5 Å². The molecule has 0 spiro atoms. The molecule has 1 amide bonds. The molecule has 1 unspecified atom stereocenters. The lowest BCUT2D eigenvalue weighted by Gasteiger charge is -2.20. The molecule has 0 saturated carbocycles. The van der Waals surface area contributed by atoms with Crippen molar-refractivity contribution in [3.63, 3.8) is 0 Å². The van der Waals surface area contributed by atoms with Crippen LogP contribution in [-0.4, -0.2) is 11.9 Å². The highest BCUT2D eigenvalue weighted by Gasteiger charge is 2.23. The average Bonchev–Trinajstić information content (AvgIpc) is 2.38. The molecule has 92 valence electrons.